The van der Waals surface area contributed by atoms with Gasteiger partial charge < -0.3 is 19.7 Å². The summed E-state index contributed by atoms with van der Waals surface area (Å²) in [7, 11) is 0. The molecule has 1 N–H and O–H groups in total. The van der Waals surface area contributed by atoms with Crippen LogP contribution >= 0.6 is 0 Å². The minimum absolute atomic E-state index is 0.0157. The Hall–Kier alpha value is -3.28. The SMILES string of the molecule is C=CC[C@@H]1C[C@@H](COc2cccc(CCNC(=O)OC(C)(C)C)c2)N(CCCc2ccccc2)C1=O. The highest BCUT2D eigenvalue weighted by Gasteiger charge is 2.38. The molecule has 2 atom stereocenters. The highest BCUT2D eigenvalue weighted by Crippen LogP contribution is 2.29. The van der Waals surface area contributed by atoms with E-state index in [1.807, 2.05) is 62.1 Å². The van der Waals surface area contributed by atoms with E-state index in [0.717, 1.165) is 37.1 Å². The molecule has 0 bridgehead atoms. The number of rotatable bonds is 12. The quantitative estimate of drug-likeness (QED) is 0.394. The van der Waals surface area contributed by atoms with Crippen molar-refractivity contribution in [3.8, 4) is 5.75 Å². The smallest absolute Gasteiger partial charge is 0.407 e. The van der Waals surface area contributed by atoms with Crippen molar-refractivity contribution < 1.29 is 19.1 Å². The molecule has 2 amide bonds. The fourth-order valence-electron chi connectivity index (χ4n) is 4.52. The summed E-state index contributed by atoms with van der Waals surface area (Å²) in [6.07, 6.45) is 5.45. The monoisotopic (exact) mass is 492 g/mol. The number of likely N-dealkylation sites (tertiary alicyclic amines) is 1. The second kappa shape index (κ2) is 13.1. The Morgan fingerprint density at radius 3 is 2.58 bits per heavy atom. The lowest BCUT2D eigenvalue weighted by Gasteiger charge is -2.25. The number of benzene rings is 2. The summed E-state index contributed by atoms with van der Waals surface area (Å²) in [5.41, 5.74) is 1.84. The van der Waals surface area contributed by atoms with E-state index in [1.54, 1.807) is 0 Å². The summed E-state index contributed by atoms with van der Waals surface area (Å²) in [6, 6.07) is 18.3. The molecule has 36 heavy (non-hydrogen) atoms. The lowest BCUT2D eigenvalue weighted by Crippen LogP contribution is -2.38. The van der Waals surface area contributed by atoms with Crippen molar-refractivity contribution in [1.82, 2.24) is 10.2 Å². The van der Waals surface area contributed by atoms with Gasteiger partial charge in [0, 0.05) is 19.0 Å². The van der Waals surface area contributed by atoms with Gasteiger partial charge in [0.25, 0.3) is 0 Å². The van der Waals surface area contributed by atoms with E-state index in [4.69, 9.17) is 9.47 Å². The predicted molar refractivity (Wildman–Crippen MR) is 143 cm³/mol. The summed E-state index contributed by atoms with van der Waals surface area (Å²) >= 11 is 0. The summed E-state index contributed by atoms with van der Waals surface area (Å²) < 4.78 is 11.4. The third-order valence-electron chi connectivity index (χ3n) is 6.21. The number of carbonyl (C=O) groups excluding carboxylic acids is 2. The Balaban J connectivity index is 1.52. The number of nitrogens with zero attached hydrogens (tertiary/aromatic N) is 1. The molecule has 1 aliphatic rings. The number of allylic oxidation sites excluding steroid dienone is 1. The third kappa shape index (κ3) is 8.74. The minimum Gasteiger partial charge on any atom is -0.491 e. The van der Waals surface area contributed by atoms with Crippen molar-refractivity contribution in [3.05, 3.63) is 78.4 Å². The van der Waals surface area contributed by atoms with E-state index >= 15 is 0 Å². The van der Waals surface area contributed by atoms with E-state index in [1.165, 1.54) is 5.56 Å². The van der Waals surface area contributed by atoms with Crippen LogP contribution in [0.15, 0.2) is 67.3 Å². The average Bonchev–Trinajstić information content (AvgIpc) is 3.12. The summed E-state index contributed by atoms with van der Waals surface area (Å²) in [6.45, 7) is 11.0. The fourth-order valence-corrected chi connectivity index (χ4v) is 4.52. The van der Waals surface area contributed by atoms with Crippen molar-refractivity contribution in [1.29, 1.82) is 0 Å². The number of hydrogen-bond donors (Lipinski definition) is 1. The molecule has 0 radical (unpaired) electrons. The van der Waals surface area contributed by atoms with Crippen LogP contribution in [0.1, 0.15) is 51.2 Å². The van der Waals surface area contributed by atoms with Crippen molar-refractivity contribution in [2.45, 2.75) is 64.5 Å². The predicted octanol–water partition coefficient (Wildman–Crippen LogP) is 5.56. The van der Waals surface area contributed by atoms with Gasteiger partial charge in [-0.15, -0.1) is 6.58 Å². The standard InChI is InChI=1S/C30H40N2O4/c1-5-11-25-21-26(32(28(25)33)19-10-15-23-12-7-6-8-13-23)22-35-27-16-9-14-24(20-27)17-18-31-29(34)36-30(2,3)4/h5-9,12-14,16,20,25-26H,1,10-11,15,17-19,21-22H2,2-4H3,(H,31,34)/t25-,26+/m1/s1. The second-order valence-corrected chi connectivity index (χ2v) is 10.4. The van der Waals surface area contributed by atoms with Crippen LogP contribution in [0.4, 0.5) is 4.79 Å². The van der Waals surface area contributed by atoms with Crippen LogP contribution in [0.2, 0.25) is 0 Å². The normalized spacial score (nSPS) is 17.6. The van der Waals surface area contributed by atoms with E-state index in [-0.39, 0.29) is 17.9 Å². The lowest BCUT2D eigenvalue weighted by atomic mass is 10.0. The highest BCUT2D eigenvalue weighted by molar-refractivity contribution is 5.81. The van der Waals surface area contributed by atoms with Gasteiger partial charge in [-0.3, -0.25) is 4.79 Å². The van der Waals surface area contributed by atoms with Gasteiger partial charge in [0.2, 0.25) is 5.91 Å². The molecule has 1 saturated heterocycles. The first-order valence-electron chi connectivity index (χ1n) is 12.9. The molecule has 0 spiro atoms. The van der Waals surface area contributed by atoms with Crippen molar-refractivity contribution in [2.24, 2.45) is 5.92 Å². The first kappa shape index (κ1) is 27.3. The molecule has 2 aromatic rings. The van der Waals surface area contributed by atoms with Crippen LogP contribution in [0.3, 0.4) is 0 Å². The van der Waals surface area contributed by atoms with E-state index < -0.39 is 11.7 Å². The summed E-state index contributed by atoms with van der Waals surface area (Å²) in [5.74, 6) is 0.963. The first-order chi connectivity index (χ1) is 17.2. The second-order valence-electron chi connectivity index (χ2n) is 10.4. The molecule has 6 heteroatoms. The molecule has 1 fully saturated rings. The third-order valence-corrected chi connectivity index (χ3v) is 6.21. The van der Waals surface area contributed by atoms with Crippen molar-refractivity contribution in [2.75, 3.05) is 19.7 Å². The maximum absolute atomic E-state index is 13.1. The maximum Gasteiger partial charge on any atom is 0.407 e. The molecule has 0 aromatic heterocycles. The van der Waals surface area contributed by atoms with E-state index in [0.29, 0.717) is 26.0 Å². The zero-order chi connectivity index (χ0) is 26.0. The highest BCUT2D eigenvalue weighted by atomic mass is 16.6. The molecule has 1 aliphatic heterocycles. The molecule has 2 aromatic carbocycles. The van der Waals surface area contributed by atoms with Gasteiger partial charge in [-0.1, -0.05) is 48.5 Å². The maximum atomic E-state index is 13.1. The van der Waals surface area contributed by atoms with Gasteiger partial charge in [-0.2, -0.15) is 0 Å². The van der Waals surface area contributed by atoms with Gasteiger partial charge >= 0.3 is 6.09 Å². The van der Waals surface area contributed by atoms with Crippen LogP contribution in [-0.2, 0) is 22.4 Å². The van der Waals surface area contributed by atoms with Gasteiger partial charge in [-0.25, -0.2) is 4.79 Å². The molecule has 3 rings (SSSR count). The van der Waals surface area contributed by atoms with Crippen LogP contribution < -0.4 is 10.1 Å². The topological polar surface area (TPSA) is 67.9 Å². The number of aryl methyl sites for hydroxylation is 1. The van der Waals surface area contributed by atoms with Crippen molar-refractivity contribution in [3.63, 3.8) is 0 Å². The number of amides is 2. The molecule has 6 nitrogen and oxygen atoms in total. The molecule has 0 unspecified atom stereocenters. The average molecular weight is 493 g/mol. The number of carbonyl (C=O) groups is 2. The van der Waals surface area contributed by atoms with E-state index in [2.05, 4.69) is 36.2 Å². The Morgan fingerprint density at radius 1 is 1.11 bits per heavy atom. The zero-order valence-corrected chi connectivity index (χ0v) is 21.9. The molecular formula is C30H40N2O4. The van der Waals surface area contributed by atoms with Gasteiger partial charge in [0.1, 0.15) is 18.0 Å². The minimum atomic E-state index is -0.514. The Bertz CT molecular complexity index is 1000. The van der Waals surface area contributed by atoms with E-state index in [9.17, 15) is 9.59 Å². The van der Waals surface area contributed by atoms with Gasteiger partial charge in [0.05, 0.1) is 6.04 Å². The summed E-state index contributed by atoms with van der Waals surface area (Å²) in [4.78, 5) is 26.9. The number of alkyl carbamates (subject to hydrolysis) is 1. The Labute approximate surface area is 215 Å². The van der Waals surface area contributed by atoms with Crippen LogP contribution in [0, 0.1) is 5.92 Å². The Kier molecular flexibility index (Phi) is 9.97. The molecule has 0 saturated carbocycles. The summed E-state index contributed by atoms with van der Waals surface area (Å²) in [5, 5.41) is 2.79. The first-order valence-corrected chi connectivity index (χ1v) is 12.9. The Morgan fingerprint density at radius 2 is 1.86 bits per heavy atom. The molecule has 194 valence electrons. The van der Waals surface area contributed by atoms with Crippen LogP contribution in [0.5, 0.6) is 5.75 Å². The van der Waals surface area contributed by atoms with Gasteiger partial charge in [0.15, 0.2) is 0 Å². The van der Waals surface area contributed by atoms with Crippen molar-refractivity contribution >= 4 is 12.0 Å². The zero-order valence-electron chi connectivity index (χ0n) is 21.9. The fraction of sp³-hybridized carbons (Fsp3) is 0.467. The number of ether oxygens (including phenoxy) is 2. The molecule has 0 aliphatic carbocycles. The number of hydrogen-bond acceptors (Lipinski definition) is 4. The molecule has 1 heterocycles. The van der Waals surface area contributed by atoms with Gasteiger partial charge in [-0.05, 0) is 76.1 Å². The number of nitrogens with one attached hydrogen (secondary N) is 1. The van der Waals surface area contributed by atoms with Crippen LogP contribution in [0.25, 0.3) is 0 Å². The lowest BCUT2D eigenvalue weighted by molar-refractivity contribution is -0.132. The van der Waals surface area contributed by atoms with Crippen LogP contribution in [-0.4, -0.2) is 48.2 Å². The largest absolute Gasteiger partial charge is 0.491 e. The molecular weight excluding hydrogens is 452 g/mol.